The van der Waals surface area contributed by atoms with Crippen LogP contribution in [0.4, 0.5) is 10.5 Å². The van der Waals surface area contributed by atoms with E-state index in [1.165, 1.54) is 6.92 Å². The molecule has 1 aromatic carbocycles. The number of nitrogens with one attached hydrogen (secondary N) is 1. The van der Waals surface area contributed by atoms with E-state index in [-0.39, 0.29) is 9.03 Å². The van der Waals surface area contributed by atoms with Crippen LogP contribution >= 0.6 is 34.4 Å². The summed E-state index contributed by atoms with van der Waals surface area (Å²) in [6.07, 6.45) is 0. The molecule has 74 valence electrons. The molecule has 0 bridgehead atoms. The van der Waals surface area contributed by atoms with Crippen LogP contribution in [0, 0.1) is 0 Å². The fraction of sp³-hybridized carbons (Fsp3) is 0.111. The number of anilines is 1. The Balaban J connectivity index is 2.78. The van der Waals surface area contributed by atoms with Crippen molar-refractivity contribution in [3.63, 3.8) is 0 Å². The second-order valence-electron chi connectivity index (χ2n) is 2.55. The van der Waals surface area contributed by atoms with Crippen molar-refractivity contribution in [3.05, 3.63) is 24.3 Å². The molecule has 0 unspecified atom stereocenters. The molecule has 0 saturated carbocycles. The molecule has 0 fully saturated rings. The lowest BCUT2D eigenvalue weighted by molar-refractivity contribution is -0.114. The summed E-state index contributed by atoms with van der Waals surface area (Å²) >= 11 is 2.86. The van der Waals surface area contributed by atoms with Crippen LogP contribution in [0.5, 0.6) is 0 Å². The molecule has 14 heavy (non-hydrogen) atoms. The molecule has 0 aliphatic carbocycles. The minimum absolute atomic E-state index is 0.00238. The van der Waals surface area contributed by atoms with Gasteiger partial charge in [-0.3, -0.25) is 9.59 Å². The Morgan fingerprint density at radius 2 is 2.14 bits per heavy atom. The van der Waals surface area contributed by atoms with E-state index in [1.54, 1.807) is 40.8 Å². The summed E-state index contributed by atoms with van der Waals surface area (Å²) in [7, 11) is 0. The van der Waals surface area contributed by atoms with Crippen molar-refractivity contribution >= 4 is 49.1 Å². The van der Waals surface area contributed by atoms with Gasteiger partial charge in [-0.25, -0.2) is 0 Å². The molecule has 1 aromatic rings. The highest BCUT2D eigenvalue weighted by Gasteiger charge is 2.01. The van der Waals surface area contributed by atoms with Crippen LogP contribution < -0.4 is 5.32 Å². The lowest BCUT2D eigenvalue weighted by Gasteiger charge is -2.03. The zero-order valence-corrected chi connectivity index (χ0v) is 10.4. The van der Waals surface area contributed by atoms with Crippen LogP contribution in [0.2, 0.25) is 0 Å². The third-order valence-corrected chi connectivity index (χ3v) is 2.66. The highest BCUT2D eigenvalue weighted by Crippen LogP contribution is 2.25. The maximum absolute atomic E-state index is 10.8. The zero-order valence-electron chi connectivity index (χ0n) is 7.41. The van der Waals surface area contributed by atoms with Crippen molar-refractivity contribution in [1.82, 2.24) is 0 Å². The predicted molar refractivity (Wildman–Crippen MR) is 66.0 cm³/mol. The number of halogens is 1. The molecule has 0 aliphatic rings. The molecule has 1 N–H and O–H groups in total. The Kier molecular flexibility index (Phi) is 4.40. The van der Waals surface area contributed by atoms with Gasteiger partial charge < -0.3 is 5.32 Å². The SMILES string of the molecule is CC(=O)Nc1cccc(SC(=O)I)c1. The van der Waals surface area contributed by atoms with E-state index in [0.29, 0.717) is 5.69 Å². The first kappa shape index (κ1) is 11.5. The molecule has 1 amide bonds. The summed E-state index contributed by atoms with van der Waals surface area (Å²) < 4.78 is 0.00238. The van der Waals surface area contributed by atoms with E-state index in [2.05, 4.69) is 5.32 Å². The molecular formula is C9H8INO2S. The van der Waals surface area contributed by atoms with Crippen molar-refractivity contribution in [1.29, 1.82) is 0 Å². The molecule has 0 aliphatic heterocycles. The molecule has 0 spiro atoms. The summed E-state index contributed by atoms with van der Waals surface area (Å²) in [5.74, 6) is -0.118. The average Bonchev–Trinajstić information content (AvgIpc) is 2.01. The first-order valence-corrected chi connectivity index (χ1v) is 5.72. The quantitative estimate of drug-likeness (QED) is 0.516. The summed E-state index contributed by atoms with van der Waals surface area (Å²) in [6, 6.07) is 7.17. The predicted octanol–water partition coefficient (Wildman–Crippen LogP) is 3.29. The van der Waals surface area contributed by atoms with Crippen molar-refractivity contribution in [2.24, 2.45) is 0 Å². The average molecular weight is 321 g/mol. The number of hydrogen-bond acceptors (Lipinski definition) is 3. The molecule has 3 nitrogen and oxygen atoms in total. The Labute approximate surface area is 99.8 Å². The maximum atomic E-state index is 10.8. The fourth-order valence-electron chi connectivity index (χ4n) is 0.933. The van der Waals surface area contributed by atoms with Gasteiger partial charge >= 0.3 is 0 Å². The number of rotatable bonds is 2. The Morgan fingerprint density at radius 1 is 1.43 bits per heavy atom. The maximum Gasteiger partial charge on any atom is 0.253 e. The Bertz CT molecular complexity index is 336. The minimum Gasteiger partial charge on any atom is -0.326 e. The summed E-state index contributed by atoms with van der Waals surface area (Å²) in [6.45, 7) is 1.45. The van der Waals surface area contributed by atoms with Crippen LogP contribution in [0.15, 0.2) is 29.2 Å². The van der Waals surface area contributed by atoms with Crippen LogP contribution in [-0.4, -0.2) is 9.03 Å². The Hall–Kier alpha value is -0.560. The number of carbonyl (C=O) groups excluding carboxylic acids is 2. The second-order valence-corrected chi connectivity index (χ2v) is 5.31. The molecular weight excluding hydrogens is 313 g/mol. The van der Waals surface area contributed by atoms with E-state index in [0.717, 1.165) is 16.7 Å². The van der Waals surface area contributed by atoms with Crippen LogP contribution in [-0.2, 0) is 4.79 Å². The third kappa shape index (κ3) is 4.10. The summed E-state index contributed by atoms with van der Waals surface area (Å²) in [4.78, 5) is 22.4. The van der Waals surface area contributed by atoms with E-state index in [4.69, 9.17) is 0 Å². The van der Waals surface area contributed by atoms with Gasteiger partial charge in [0, 0.05) is 40.1 Å². The van der Waals surface area contributed by atoms with Crippen molar-refractivity contribution in [2.75, 3.05) is 5.32 Å². The largest absolute Gasteiger partial charge is 0.326 e. The van der Waals surface area contributed by atoms with Crippen molar-refractivity contribution in [3.8, 4) is 0 Å². The number of carbonyl (C=O) groups is 2. The van der Waals surface area contributed by atoms with E-state index in [9.17, 15) is 9.59 Å². The zero-order chi connectivity index (χ0) is 10.6. The lowest BCUT2D eigenvalue weighted by Crippen LogP contribution is -2.05. The number of amides is 1. The highest BCUT2D eigenvalue weighted by molar-refractivity contribution is 14.1. The van der Waals surface area contributed by atoms with Crippen molar-refractivity contribution in [2.45, 2.75) is 11.8 Å². The van der Waals surface area contributed by atoms with Gasteiger partial charge in [0.2, 0.25) is 5.91 Å². The number of hydrogen-bond donors (Lipinski definition) is 1. The number of thioether (sulfide) groups is 1. The summed E-state index contributed by atoms with van der Waals surface area (Å²) in [5, 5.41) is 2.65. The first-order valence-electron chi connectivity index (χ1n) is 3.83. The topological polar surface area (TPSA) is 46.2 Å². The van der Waals surface area contributed by atoms with Gasteiger partial charge in [-0.05, 0) is 30.0 Å². The normalized spacial score (nSPS) is 9.57. The van der Waals surface area contributed by atoms with Crippen LogP contribution in [0.1, 0.15) is 6.92 Å². The van der Waals surface area contributed by atoms with E-state index < -0.39 is 0 Å². The smallest absolute Gasteiger partial charge is 0.253 e. The fourth-order valence-corrected chi connectivity index (χ4v) is 2.21. The highest BCUT2D eigenvalue weighted by atomic mass is 127. The molecule has 1 rings (SSSR count). The van der Waals surface area contributed by atoms with E-state index >= 15 is 0 Å². The van der Waals surface area contributed by atoms with E-state index in [1.807, 2.05) is 6.07 Å². The second kappa shape index (κ2) is 5.35. The van der Waals surface area contributed by atoms with Gasteiger partial charge in [-0.2, -0.15) is 0 Å². The van der Waals surface area contributed by atoms with Gasteiger partial charge in [-0.1, -0.05) is 6.07 Å². The molecule has 0 aromatic heterocycles. The molecule has 0 radical (unpaired) electrons. The van der Waals surface area contributed by atoms with Gasteiger partial charge in [0.25, 0.3) is 3.12 Å². The number of benzene rings is 1. The Morgan fingerprint density at radius 3 is 2.71 bits per heavy atom. The van der Waals surface area contributed by atoms with Gasteiger partial charge in [0.1, 0.15) is 0 Å². The van der Waals surface area contributed by atoms with Gasteiger partial charge in [-0.15, -0.1) is 0 Å². The molecule has 5 heteroatoms. The molecule has 0 atom stereocenters. The van der Waals surface area contributed by atoms with Crippen LogP contribution in [0.3, 0.4) is 0 Å². The molecule has 0 heterocycles. The van der Waals surface area contributed by atoms with Crippen molar-refractivity contribution < 1.29 is 9.59 Å². The van der Waals surface area contributed by atoms with Gasteiger partial charge in [0.15, 0.2) is 0 Å². The lowest BCUT2D eigenvalue weighted by atomic mass is 10.3. The summed E-state index contributed by atoms with van der Waals surface area (Å²) in [5.41, 5.74) is 0.708. The third-order valence-electron chi connectivity index (χ3n) is 1.35. The monoisotopic (exact) mass is 321 g/mol. The molecule has 0 saturated heterocycles. The minimum atomic E-state index is -0.118. The van der Waals surface area contributed by atoms with Gasteiger partial charge in [0.05, 0.1) is 0 Å². The van der Waals surface area contributed by atoms with Crippen LogP contribution in [0.25, 0.3) is 0 Å². The first-order chi connectivity index (χ1) is 6.58. The standard InChI is InChI=1S/C9H8INO2S/c1-6(12)11-7-3-2-4-8(5-7)14-9(10)13/h2-5H,1H3,(H,11,12).